The quantitative estimate of drug-likeness (QED) is 0.511. The van der Waals surface area contributed by atoms with Crippen molar-refractivity contribution in [2.45, 2.75) is 33.1 Å². The van der Waals surface area contributed by atoms with E-state index in [2.05, 4.69) is 5.32 Å². The molecule has 9 heteroatoms. The van der Waals surface area contributed by atoms with E-state index in [1.165, 1.54) is 4.90 Å². The van der Waals surface area contributed by atoms with Crippen LogP contribution in [0.15, 0.2) is 12.2 Å². The summed E-state index contributed by atoms with van der Waals surface area (Å²) < 4.78 is 10.1. The number of allylic oxidation sites excluding steroid dienone is 2. The first-order valence-electron chi connectivity index (χ1n) is 9.38. The maximum absolute atomic E-state index is 12.4. The van der Waals surface area contributed by atoms with Crippen LogP contribution in [0.3, 0.4) is 0 Å². The molecule has 1 heterocycles. The highest BCUT2D eigenvalue weighted by molar-refractivity contribution is 7.18. The molecule has 8 nitrogen and oxygen atoms in total. The van der Waals surface area contributed by atoms with E-state index in [0.717, 1.165) is 24.2 Å². The Hall–Kier alpha value is -2.68. The molecule has 0 unspecified atom stereocenters. The Bertz CT molecular complexity index is 827. The first kappa shape index (κ1) is 22.6. The second-order valence-electron chi connectivity index (χ2n) is 6.86. The number of hydrogen-bond donors (Lipinski definition) is 1. The average Bonchev–Trinajstić information content (AvgIpc) is 3.27. The standard InChI is InChI=1S/C20H26N2O6S/c1-5-27-20(26)16-12(2)17(19(25)22(3)4)29-18(16)21-14(23)11-28-15(24)10-13-8-6-7-9-13/h6,8,13H,5,7,9-11H2,1-4H3,(H,21,23)/t13-/m0/s1. The van der Waals surface area contributed by atoms with E-state index < -0.39 is 24.5 Å². The highest BCUT2D eigenvalue weighted by atomic mass is 32.1. The summed E-state index contributed by atoms with van der Waals surface area (Å²) in [5.74, 6) is -1.79. The summed E-state index contributed by atoms with van der Waals surface area (Å²) >= 11 is 0.992. The Morgan fingerprint density at radius 1 is 1.24 bits per heavy atom. The summed E-state index contributed by atoms with van der Waals surface area (Å²) in [6.45, 7) is 2.99. The number of nitrogens with zero attached hydrogens (tertiary/aromatic N) is 1. The van der Waals surface area contributed by atoms with Crippen molar-refractivity contribution in [2.24, 2.45) is 5.92 Å². The lowest BCUT2D eigenvalue weighted by Crippen LogP contribution is -2.22. The van der Waals surface area contributed by atoms with E-state index in [1.54, 1.807) is 27.9 Å². The molecule has 1 aliphatic carbocycles. The van der Waals surface area contributed by atoms with Crippen LogP contribution >= 0.6 is 11.3 Å². The van der Waals surface area contributed by atoms with Gasteiger partial charge in [0.05, 0.1) is 23.5 Å². The molecule has 1 N–H and O–H groups in total. The number of amides is 2. The predicted octanol–water partition coefficient (Wildman–Crippen LogP) is 2.77. The van der Waals surface area contributed by atoms with Crippen molar-refractivity contribution in [1.29, 1.82) is 0 Å². The van der Waals surface area contributed by atoms with Gasteiger partial charge in [-0.3, -0.25) is 14.4 Å². The SMILES string of the molecule is CCOC(=O)c1c(NC(=O)COC(=O)C[C@H]2C=CCC2)sc(C(=O)N(C)C)c1C. The van der Waals surface area contributed by atoms with E-state index in [0.29, 0.717) is 10.4 Å². The fourth-order valence-corrected chi connectivity index (χ4v) is 4.14. The number of nitrogens with one attached hydrogen (secondary N) is 1. The van der Waals surface area contributed by atoms with Gasteiger partial charge in [0, 0.05) is 14.1 Å². The van der Waals surface area contributed by atoms with Gasteiger partial charge in [0.1, 0.15) is 5.00 Å². The smallest absolute Gasteiger partial charge is 0.341 e. The Balaban J connectivity index is 2.08. The molecule has 1 aromatic rings. The zero-order valence-electron chi connectivity index (χ0n) is 17.1. The minimum Gasteiger partial charge on any atom is -0.462 e. The maximum Gasteiger partial charge on any atom is 0.341 e. The summed E-state index contributed by atoms with van der Waals surface area (Å²) in [5.41, 5.74) is 0.574. The van der Waals surface area contributed by atoms with Crippen LogP contribution in [0.1, 0.15) is 51.8 Å². The normalized spacial score (nSPS) is 15.1. The molecule has 2 amide bonds. The van der Waals surface area contributed by atoms with E-state index in [1.807, 2.05) is 12.2 Å². The van der Waals surface area contributed by atoms with Gasteiger partial charge in [-0.25, -0.2) is 4.79 Å². The third-order valence-corrected chi connectivity index (χ3v) is 5.58. The van der Waals surface area contributed by atoms with Crippen LogP contribution < -0.4 is 5.32 Å². The van der Waals surface area contributed by atoms with Gasteiger partial charge >= 0.3 is 11.9 Å². The zero-order chi connectivity index (χ0) is 21.6. The highest BCUT2D eigenvalue weighted by Gasteiger charge is 2.27. The minimum absolute atomic E-state index is 0.137. The van der Waals surface area contributed by atoms with Gasteiger partial charge < -0.3 is 19.7 Å². The largest absolute Gasteiger partial charge is 0.462 e. The summed E-state index contributed by atoms with van der Waals surface area (Å²) in [6, 6.07) is 0. The molecule has 29 heavy (non-hydrogen) atoms. The first-order chi connectivity index (χ1) is 13.7. The lowest BCUT2D eigenvalue weighted by molar-refractivity contribution is -0.147. The molecule has 0 bridgehead atoms. The van der Waals surface area contributed by atoms with Gasteiger partial charge in [-0.05, 0) is 38.2 Å². The van der Waals surface area contributed by atoms with Crippen LogP contribution in [0.4, 0.5) is 5.00 Å². The number of hydrogen-bond acceptors (Lipinski definition) is 7. The van der Waals surface area contributed by atoms with Crippen molar-refractivity contribution < 1.29 is 28.7 Å². The summed E-state index contributed by atoms with van der Waals surface area (Å²) in [6.07, 6.45) is 6.08. The molecule has 0 radical (unpaired) electrons. The Morgan fingerprint density at radius 3 is 2.55 bits per heavy atom. The molecule has 0 aliphatic heterocycles. The Morgan fingerprint density at radius 2 is 1.97 bits per heavy atom. The van der Waals surface area contributed by atoms with Crippen LogP contribution in [0.2, 0.25) is 0 Å². The summed E-state index contributed by atoms with van der Waals surface area (Å²) in [5, 5.41) is 2.77. The monoisotopic (exact) mass is 422 g/mol. The second-order valence-corrected chi connectivity index (χ2v) is 7.88. The number of esters is 2. The fourth-order valence-electron chi connectivity index (χ4n) is 2.90. The number of carbonyl (C=O) groups is 4. The van der Waals surface area contributed by atoms with Crippen LogP contribution in [0.5, 0.6) is 0 Å². The third-order valence-electron chi connectivity index (χ3n) is 4.39. The van der Waals surface area contributed by atoms with Crippen molar-refractivity contribution >= 4 is 40.1 Å². The minimum atomic E-state index is -0.626. The molecule has 1 atom stereocenters. The van der Waals surface area contributed by atoms with Crippen molar-refractivity contribution in [3.8, 4) is 0 Å². The number of anilines is 1. The molecule has 2 rings (SSSR count). The number of carbonyl (C=O) groups excluding carboxylic acids is 4. The molecular formula is C20H26N2O6S. The number of rotatable bonds is 8. The molecule has 0 saturated heterocycles. The van der Waals surface area contributed by atoms with E-state index in [9.17, 15) is 19.2 Å². The summed E-state index contributed by atoms with van der Waals surface area (Å²) in [7, 11) is 3.20. The van der Waals surface area contributed by atoms with Gasteiger partial charge in [-0.2, -0.15) is 0 Å². The third kappa shape index (κ3) is 5.90. The average molecular weight is 423 g/mol. The van der Waals surface area contributed by atoms with Crippen molar-refractivity contribution in [1.82, 2.24) is 4.90 Å². The van der Waals surface area contributed by atoms with Crippen molar-refractivity contribution in [3.63, 3.8) is 0 Å². The molecule has 1 aromatic heterocycles. The molecule has 0 saturated carbocycles. The van der Waals surface area contributed by atoms with Crippen molar-refractivity contribution in [3.05, 3.63) is 28.2 Å². The van der Waals surface area contributed by atoms with Crippen LogP contribution in [-0.4, -0.2) is 56.0 Å². The molecular weight excluding hydrogens is 396 g/mol. The predicted molar refractivity (Wildman–Crippen MR) is 109 cm³/mol. The molecule has 158 valence electrons. The molecule has 0 fully saturated rings. The van der Waals surface area contributed by atoms with E-state index in [-0.39, 0.29) is 35.4 Å². The number of thiophene rings is 1. The fraction of sp³-hybridized carbons (Fsp3) is 0.500. The van der Waals surface area contributed by atoms with Crippen LogP contribution in [-0.2, 0) is 19.1 Å². The van der Waals surface area contributed by atoms with Gasteiger partial charge in [0.15, 0.2) is 6.61 Å². The number of ether oxygens (including phenoxy) is 2. The van der Waals surface area contributed by atoms with Gasteiger partial charge in [0.2, 0.25) is 0 Å². The van der Waals surface area contributed by atoms with E-state index >= 15 is 0 Å². The summed E-state index contributed by atoms with van der Waals surface area (Å²) in [4.78, 5) is 50.6. The topological polar surface area (TPSA) is 102 Å². The highest BCUT2D eigenvalue weighted by Crippen LogP contribution is 2.34. The van der Waals surface area contributed by atoms with Crippen molar-refractivity contribution in [2.75, 3.05) is 32.6 Å². The molecule has 1 aliphatic rings. The second kappa shape index (κ2) is 10.2. The van der Waals surface area contributed by atoms with E-state index in [4.69, 9.17) is 9.47 Å². The van der Waals surface area contributed by atoms with Crippen LogP contribution in [0, 0.1) is 12.8 Å². The Kier molecular flexibility index (Phi) is 7.95. The first-order valence-corrected chi connectivity index (χ1v) is 10.2. The zero-order valence-corrected chi connectivity index (χ0v) is 17.9. The molecule has 0 aromatic carbocycles. The Labute approximate surface area is 173 Å². The lowest BCUT2D eigenvalue weighted by Gasteiger charge is -2.09. The van der Waals surface area contributed by atoms with Crippen LogP contribution in [0.25, 0.3) is 0 Å². The lowest BCUT2D eigenvalue weighted by atomic mass is 10.1. The molecule has 0 spiro atoms. The van der Waals surface area contributed by atoms with Gasteiger partial charge in [-0.1, -0.05) is 12.2 Å². The maximum atomic E-state index is 12.4. The van der Waals surface area contributed by atoms with Gasteiger partial charge in [0.25, 0.3) is 11.8 Å². The van der Waals surface area contributed by atoms with Gasteiger partial charge in [-0.15, -0.1) is 11.3 Å².